The first-order valence-electron chi connectivity index (χ1n) is 7.53. The lowest BCUT2D eigenvalue weighted by molar-refractivity contribution is -0.160. The van der Waals surface area contributed by atoms with E-state index in [0.717, 1.165) is 25.7 Å². The molecule has 114 valence electrons. The fraction of sp³-hybridized carbons (Fsp3) is 0.867. The van der Waals surface area contributed by atoms with Gasteiger partial charge in [0, 0.05) is 40.2 Å². The molecule has 0 radical (unpaired) electrons. The molecule has 2 amide bonds. The molecule has 5 heteroatoms. The van der Waals surface area contributed by atoms with Crippen molar-refractivity contribution < 1.29 is 14.3 Å². The summed E-state index contributed by atoms with van der Waals surface area (Å²) in [5.74, 6) is 0.369. The van der Waals surface area contributed by atoms with E-state index in [4.69, 9.17) is 4.74 Å². The van der Waals surface area contributed by atoms with Gasteiger partial charge in [-0.3, -0.25) is 9.59 Å². The standard InChI is InChI=1S/C15H26N2O3/c1-16(2)14(19)15-8-5-4-6-12(15)17(10-11-20-3)13(18)7-9-15/h12H,4-11H2,1-3H3/t12-,15-/m1/s1. The summed E-state index contributed by atoms with van der Waals surface area (Å²) in [6.45, 7) is 1.14. The number of piperidine rings is 1. The molecule has 5 nitrogen and oxygen atoms in total. The lowest BCUT2D eigenvalue weighted by atomic mass is 9.64. The van der Waals surface area contributed by atoms with E-state index in [-0.39, 0.29) is 23.3 Å². The predicted molar refractivity (Wildman–Crippen MR) is 76.2 cm³/mol. The zero-order valence-electron chi connectivity index (χ0n) is 12.9. The number of carbonyl (C=O) groups excluding carboxylic acids is 2. The van der Waals surface area contributed by atoms with E-state index in [0.29, 0.717) is 26.0 Å². The number of hydrogen-bond donors (Lipinski definition) is 0. The van der Waals surface area contributed by atoms with Crippen LogP contribution in [0.2, 0.25) is 0 Å². The van der Waals surface area contributed by atoms with Crippen molar-refractivity contribution >= 4 is 11.8 Å². The maximum absolute atomic E-state index is 12.7. The van der Waals surface area contributed by atoms with Gasteiger partial charge in [-0.15, -0.1) is 0 Å². The molecule has 0 aromatic carbocycles. The van der Waals surface area contributed by atoms with Gasteiger partial charge in [-0.2, -0.15) is 0 Å². The zero-order chi connectivity index (χ0) is 14.8. The van der Waals surface area contributed by atoms with Gasteiger partial charge >= 0.3 is 0 Å². The molecule has 1 saturated carbocycles. The van der Waals surface area contributed by atoms with Crippen LogP contribution in [0.5, 0.6) is 0 Å². The smallest absolute Gasteiger partial charge is 0.230 e. The summed E-state index contributed by atoms with van der Waals surface area (Å²) < 4.78 is 5.12. The summed E-state index contributed by atoms with van der Waals surface area (Å²) in [7, 11) is 5.28. The molecule has 2 fully saturated rings. The summed E-state index contributed by atoms with van der Waals surface area (Å²) in [5.41, 5.74) is -0.358. The van der Waals surface area contributed by atoms with Crippen LogP contribution in [0.3, 0.4) is 0 Å². The molecule has 2 rings (SSSR count). The number of ether oxygens (including phenoxy) is 1. The van der Waals surface area contributed by atoms with Crippen LogP contribution in [0.25, 0.3) is 0 Å². The first kappa shape index (κ1) is 15.3. The van der Waals surface area contributed by atoms with E-state index in [1.54, 1.807) is 12.0 Å². The molecule has 1 aliphatic heterocycles. The molecule has 20 heavy (non-hydrogen) atoms. The molecule has 0 bridgehead atoms. The van der Waals surface area contributed by atoms with Gasteiger partial charge < -0.3 is 14.5 Å². The van der Waals surface area contributed by atoms with Gasteiger partial charge in [0.2, 0.25) is 11.8 Å². The highest BCUT2D eigenvalue weighted by molar-refractivity contribution is 5.87. The summed E-state index contributed by atoms with van der Waals surface area (Å²) >= 11 is 0. The van der Waals surface area contributed by atoms with Gasteiger partial charge in [0.1, 0.15) is 0 Å². The average molecular weight is 282 g/mol. The van der Waals surface area contributed by atoms with Gasteiger partial charge in [-0.1, -0.05) is 12.8 Å². The minimum atomic E-state index is -0.358. The molecule has 2 aliphatic rings. The Morgan fingerprint density at radius 2 is 2.15 bits per heavy atom. The van der Waals surface area contributed by atoms with Gasteiger partial charge in [-0.05, 0) is 19.3 Å². The third-order valence-corrected chi connectivity index (χ3v) is 4.84. The predicted octanol–water partition coefficient (Wildman–Crippen LogP) is 1.27. The summed E-state index contributed by atoms with van der Waals surface area (Å²) in [6.07, 6.45) is 5.23. The maximum Gasteiger partial charge on any atom is 0.230 e. The summed E-state index contributed by atoms with van der Waals surface area (Å²) in [6, 6.07) is 0.0579. The second kappa shape index (κ2) is 6.12. The molecule has 1 aliphatic carbocycles. The molecule has 0 unspecified atom stereocenters. The van der Waals surface area contributed by atoms with Crippen LogP contribution in [0.1, 0.15) is 38.5 Å². The SMILES string of the molecule is COCCN1C(=O)CC[C@]2(C(=O)N(C)C)CCCC[C@@H]12. The van der Waals surface area contributed by atoms with E-state index < -0.39 is 0 Å². The number of carbonyl (C=O) groups is 2. The van der Waals surface area contributed by atoms with Crippen LogP contribution in [-0.4, -0.2) is 62.0 Å². The van der Waals surface area contributed by atoms with Crippen molar-refractivity contribution in [2.45, 2.75) is 44.6 Å². The molecule has 0 aromatic heterocycles. The highest BCUT2D eigenvalue weighted by Gasteiger charge is 2.53. The van der Waals surface area contributed by atoms with Crippen molar-refractivity contribution in [3.8, 4) is 0 Å². The Morgan fingerprint density at radius 1 is 1.40 bits per heavy atom. The topological polar surface area (TPSA) is 49.9 Å². The van der Waals surface area contributed by atoms with Crippen LogP contribution in [0, 0.1) is 5.41 Å². The number of rotatable bonds is 4. The highest BCUT2D eigenvalue weighted by Crippen LogP contribution is 2.47. The van der Waals surface area contributed by atoms with Crippen molar-refractivity contribution in [3.63, 3.8) is 0 Å². The Kier molecular flexibility index (Phi) is 4.68. The average Bonchev–Trinajstić information content (AvgIpc) is 2.45. The third kappa shape index (κ3) is 2.55. The lowest BCUT2D eigenvalue weighted by Gasteiger charge is -2.52. The van der Waals surface area contributed by atoms with Crippen LogP contribution in [-0.2, 0) is 14.3 Å². The zero-order valence-corrected chi connectivity index (χ0v) is 12.9. The monoisotopic (exact) mass is 282 g/mol. The van der Waals surface area contributed by atoms with E-state index in [9.17, 15) is 9.59 Å². The fourth-order valence-corrected chi connectivity index (χ4v) is 3.89. The van der Waals surface area contributed by atoms with Gasteiger partial charge in [-0.25, -0.2) is 0 Å². The number of amides is 2. The number of methoxy groups -OCH3 is 1. The molecule has 0 aromatic rings. The second-order valence-corrected chi connectivity index (χ2v) is 6.20. The highest BCUT2D eigenvalue weighted by atomic mass is 16.5. The van der Waals surface area contributed by atoms with Crippen LogP contribution in [0.15, 0.2) is 0 Å². The van der Waals surface area contributed by atoms with E-state index >= 15 is 0 Å². The van der Waals surface area contributed by atoms with Gasteiger partial charge in [0.25, 0.3) is 0 Å². The molecule has 1 heterocycles. The minimum absolute atomic E-state index is 0.0579. The van der Waals surface area contributed by atoms with E-state index in [1.165, 1.54) is 0 Å². The Morgan fingerprint density at radius 3 is 2.80 bits per heavy atom. The number of likely N-dealkylation sites (tertiary alicyclic amines) is 1. The normalized spacial score (nSPS) is 30.1. The van der Waals surface area contributed by atoms with Crippen molar-refractivity contribution in [2.24, 2.45) is 5.41 Å². The van der Waals surface area contributed by atoms with Crippen molar-refractivity contribution in [1.82, 2.24) is 9.80 Å². The molecule has 1 saturated heterocycles. The van der Waals surface area contributed by atoms with Crippen molar-refractivity contribution in [1.29, 1.82) is 0 Å². The Hall–Kier alpha value is -1.10. The molecule has 0 spiro atoms. The van der Waals surface area contributed by atoms with Gasteiger partial charge in [0.05, 0.1) is 12.0 Å². The summed E-state index contributed by atoms with van der Waals surface area (Å²) in [4.78, 5) is 28.6. The number of nitrogens with zero attached hydrogens (tertiary/aromatic N) is 2. The Balaban J connectivity index is 2.28. The molecule has 0 N–H and O–H groups in total. The molecule has 2 atom stereocenters. The molecular weight excluding hydrogens is 256 g/mol. The third-order valence-electron chi connectivity index (χ3n) is 4.84. The van der Waals surface area contributed by atoms with Crippen LogP contribution >= 0.6 is 0 Å². The first-order valence-corrected chi connectivity index (χ1v) is 7.53. The van der Waals surface area contributed by atoms with E-state index in [2.05, 4.69) is 0 Å². The van der Waals surface area contributed by atoms with E-state index in [1.807, 2.05) is 19.0 Å². The fourth-order valence-electron chi connectivity index (χ4n) is 3.89. The minimum Gasteiger partial charge on any atom is -0.383 e. The maximum atomic E-state index is 12.7. The molecular formula is C15H26N2O3. The largest absolute Gasteiger partial charge is 0.383 e. The van der Waals surface area contributed by atoms with Crippen molar-refractivity contribution in [2.75, 3.05) is 34.4 Å². The van der Waals surface area contributed by atoms with Crippen LogP contribution < -0.4 is 0 Å². The van der Waals surface area contributed by atoms with Gasteiger partial charge in [0.15, 0.2) is 0 Å². The Bertz CT molecular complexity index is 383. The first-order chi connectivity index (χ1) is 9.53. The summed E-state index contributed by atoms with van der Waals surface area (Å²) in [5, 5.41) is 0. The number of hydrogen-bond acceptors (Lipinski definition) is 3. The lowest BCUT2D eigenvalue weighted by Crippen LogP contribution is -2.61. The second-order valence-electron chi connectivity index (χ2n) is 6.20. The van der Waals surface area contributed by atoms with Crippen LogP contribution in [0.4, 0.5) is 0 Å². The van der Waals surface area contributed by atoms with Crippen molar-refractivity contribution in [3.05, 3.63) is 0 Å². The Labute approximate surface area is 121 Å². The quantitative estimate of drug-likeness (QED) is 0.780. The number of fused-ring (bicyclic) bond motifs is 1.